The third-order valence-corrected chi connectivity index (χ3v) is 21.7. The predicted molar refractivity (Wildman–Crippen MR) is 246 cm³/mol. The summed E-state index contributed by atoms with van der Waals surface area (Å²) < 4.78 is 9.49. The SMILES string of the molecule is c1ccc([Si](c2ccccc2)(c2ccccc2)c2ccc(-n3c4ccccc4c4c5c(ccc43)[Si](c3ccccc3)(c3ccccc3)c3ccccc3O5)nc2)cc1. The summed E-state index contributed by atoms with van der Waals surface area (Å²) in [5, 5.41) is 12.7. The Morgan fingerprint density at radius 2 is 0.931 bits per heavy atom. The molecule has 0 spiro atoms. The fourth-order valence-corrected chi connectivity index (χ4v) is 19.4. The number of aromatic nitrogens is 2. The standard InChI is InChI=1S/C53H38N2OSi2/c1-6-20-39(21-7-1)57(40-22-8-2-9-23-40,41-24-10-3-11-25-41)44-34-37-51(54-38-44)55-46-31-17-16-30-45(46)52-47(55)35-36-50-53(52)56-48-32-18-19-33-49(48)58(50,42-26-12-4-13-27-42)43-28-14-5-15-29-43/h1-38H. The zero-order valence-electron chi connectivity index (χ0n) is 31.7. The molecule has 2 aromatic heterocycles. The first-order valence-corrected chi connectivity index (χ1v) is 23.9. The average Bonchev–Trinajstić information content (AvgIpc) is 3.65. The number of hydrogen-bond donors (Lipinski definition) is 0. The first-order valence-electron chi connectivity index (χ1n) is 19.9. The largest absolute Gasteiger partial charge is 0.457 e. The van der Waals surface area contributed by atoms with E-state index in [0.29, 0.717) is 0 Å². The summed E-state index contributed by atoms with van der Waals surface area (Å²) in [6.07, 6.45) is 2.14. The van der Waals surface area contributed by atoms with Crippen molar-refractivity contribution in [1.82, 2.24) is 9.55 Å². The molecule has 3 nitrogen and oxygen atoms in total. The van der Waals surface area contributed by atoms with Crippen LogP contribution < -0.4 is 46.2 Å². The number of para-hydroxylation sites is 2. The molecule has 0 saturated heterocycles. The zero-order chi connectivity index (χ0) is 38.5. The summed E-state index contributed by atoms with van der Waals surface area (Å²) in [6, 6.07) is 81.9. The molecule has 3 heterocycles. The van der Waals surface area contributed by atoms with Crippen molar-refractivity contribution < 1.29 is 4.74 Å². The van der Waals surface area contributed by atoms with E-state index in [0.717, 1.165) is 39.1 Å². The van der Waals surface area contributed by atoms with Gasteiger partial charge in [-0.2, -0.15) is 0 Å². The monoisotopic (exact) mass is 774 g/mol. The normalized spacial score (nSPS) is 13.1. The van der Waals surface area contributed by atoms with Crippen LogP contribution in [0.2, 0.25) is 0 Å². The second kappa shape index (κ2) is 13.8. The van der Waals surface area contributed by atoms with E-state index in [9.17, 15) is 0 Å². The van der Waals surface area contributed by atoms with Gasteiger partial charge in [-0.1, -0.05) is 200 Å². The maximum Gasteiger partial charge on any atom is 0.188 e. The van der Waals surface area contributed by atoms with E-state index in [4.69, 9.17) is 9.72 Å². The minimum absolute atomic E-state index is 0.873. The Morgan fingerprint density at radius 1 is 0.414 bits per heavy atom. The van der Waals surface area contributed by atoms with Crippen molar-refractivity contribution in [3.05, 3.63) is 231 Å². The molecule has 11 rings (SSSR count). The minimum atomic E-state index is -2.82. The molecule has 10 aromatic rings. The smallest absolute Gasteiger partial charge is 0.188 e. The zero-order valence-corrected chi connectivity index (χ0v) is 33.7. The molecule has 1 aliphatic rings. The Bertz CT molecular complexity index is 2930. The second-order valence-corrected chi connectivity index (χ2v) is 22.6. The van der Waals surface area contributed by atoms with Crippen LogP contribution in [0, 0.1) is 0 Å². The van der Waals surface area contributed by atoms with Crippen LogP contribution >= 0.6 is 0 Å². The van der Waals surface area contributed by atoms with Crippen LogP contribution in [0.15, 0.2) is 231 Å². The Morgan fingerprint density at radius 3 is 1.50 bits per heavy atom. The third kappa shape index (κ3) is 5.00. The lowest BCUT2D eigenvalue weighted by Gasteiger charge is -2.39. The highest BCUT2D eigenvalue weighted by Gasteiger charge is 2.49. The fourth-order valence-electron chi connectivity index (χ4n) is 9.77. The minimum Gasteiger partial charge on any atom is -0.457 e. The van der Waals surface area contributed by atoms with Crippen LogP contribution in [-0.4, -0.2) is 25.7 Å². The van der Waals surface area contributed by atoms with Gasteiger partial charge in [0, 0.05) is 11.6 Å². The van der Waals surface area contributed by atoms with E-state index in [1.807, 2.05) is 0 Å². The molecule has 8 aromatic carbocycles. The molecule has 274 valence electrons. The molecule has 0 N–H and O–H groups in total. The summed E-state index contributed by atoms with van der Waals surface area (Å²) >= 11 is 0. The summed E-state index contributed by atoms with van der Waals surface area (Å²) in [5.74, 6) is 2.73. The maximum absolute atomic E-state index is 7.16. The van der Waals surface area contributed by atoms with E-state index in [2.05, 4.69) is 235 Å². The van der Waals surface area contributed by atoms with Crippen molar-refractivity contribution in [2.24, 2.45) is 0 Å². The molecule has 0 atom stereocenters. The van der Waals surface area contributed by atoms with Crippen LogP contribution in [0.5, 0.6) is 11.5 Å². The van der Waals surface area contributed by atoms with Gasteiger partial charge in [0.1, 0.15) is 17.3 Å². The van der Waals surface area contributed by atoms with Gasteiger partial charge >= 0.3 is 0 Å². The van der Waals surface area contributed by atoms with E-state index < -0.39 is 16.1 Å². The van der Waals surface area contributed by atoms with Crippen molar-refractivity contribution in [2.45, 2.75) is 0 Å². The third-order valence-electron chi connectivity index (χ3n) is 12.1. The lowest BCUT2D eigenvalue weighted by Crippen LogP contribution is -2.76. The highest BCUT2D eigenvalue weighted by molar-refractivity contribution is 7.21. The number of fused-ring (bicyclic) bond motifs is 6. The second-order valence-electron chi connectivity index (χ2n) is 15.0. The molecule has 0 unspecified atom stereocenters. The molecule has 5 heteroatoms. The summed E-state index contributed by atoms with van der Waals surface area (Å²) in [5.41, 5.74) is 2.17. The summed E-state index contributed by atoms with van der Waals surface area (Å²) in [6.45, 7) is 0. The van der Waals surface area contributed by atoms with Crippen LogP contribution in [0.4, 0.5) is 0 Å². The molecule has 0 radical (unpaired) electrons. The molecule has 0 fully saturated rings. The Balaban J connectivity index is 1.16. The van der Waals surface area contributed by atoms with E-state index in [1.165, 1.54) is 41.5 Å². The van der Waals surface area contributed by atoms with Gasteiger partial charge in [-0.3, -0.25) is 4.57 Å². The number of hydrogen-bond acceptors (Lipinski definition) is 2. The number of rotatable bonds is 7. The lowest BCUT2D eigenvalue weighted by atomic mass is 10.1. The van der Waals surface area contributed by atoms with Crippen molar-refractivity contribution >= 4 is 79.4 Å². The lowest BCUT2D eigenvalue weighted by molar-refractivity contribution is 0.493. The van der Waals surface area contributed by atoms with Gasteiger partial charge < -0.3 is 4.74 Å². The van der Waals surface area contributed by atoms with Crippen molar-refractivity contribution in [3.8, 4) is 17.3 Å². The maximum atomic E-state index is 7.16. The van der Waals surface area contributed by atoms with Crippen LogP contribution in [0.3, 0.4) is 0 Å². The van der Waals surface area contributed by atoms with Gasteiger partial charge in [0.05, 0.1) is 16.4 Å². The van der Waals surface area contributed by atoms with Crippen LogP contribution in [-0.2, 0) is 0 Å². The Labute approximate surface area is 340 Å². The Hall–Kier alpha value is -7.06. The molecular formula is C53H38N2OSi2. The van der Waals surface area contributed by atoms with E-state index in [-0.39, 0.29) is 0 Å². The van der Waals surface area contributed by atoms with Crippen molar-refractivity contribution in [3.63, 3.8) is 0 Å². The first kappa shape index (κ1) is 34.2. The highest BCUT2D eigenvalue weighted by atomic mass is 28.3. The van der Waals surface area contributed by atoms with Crippen molar-refractivity contribution in [2.75, 3.05) is 0 Å². The molecule has 0 aliphatic carbocycles. The Kier molecular flexibility index (Phi) is 8.17. The highest BCUT2D eigenvalue weighted by Crippen LogP contribution is 2.41. The van der Waals surface area contributed by atoms with Gasteiger partial charge in [0.2, 0.25) is 0 Å². The van der Waals surface area contributed by atoms with Gasteiger partial charge in [0.25, 0.3) is 0 Å². The summed E-state index contributed by atoms with van der Waals surface area (Å²) in [4.78, 5) is 5.40. The number of ether oxygens (including phenoxy) is 1. The summed E-state index contributed by atoms with van der Waals surface area (Å²) in [7, 11) is -5.56. The molecule has 0 saturated carbocycles. The van der Waals surface area contributed by atoms with Gasteiger partial charge in [-0.15, -0.1) is 0 Å². The molecule has 1 aliphatic heterocycles. The van der Waals surface area contributed by atoms with E-state index in [1.54, 1.807) is 0 Å². The predicted octanol–water partition coefficient (Wildman–Crippen LogP) is 7.04. The number of pyridine rings is 1. The van der Waals surface area contributed by atoms with Crippen molar-refractivity contribution in [1.29, 1.82) is 0 Å². The molecule has 0 bridgehead atoms. The number of nitrogens with zero attached hydrogens (tertiary/aromatic N) is 2. The first-order chi connectivity index (χ1) is 28.8. The van der Waals surface area contributed by atoms with E-state index >= 15 is 0 Å². The van der Waals surface area contributed by atoms with Gasteiger partial charge in [0.15, 0.2) is 16.1 Å². The van der Waals surface area contributed by atoms with Gasteiger partial charge in [-0.05, 0) is 65.8 Å². The average molecular weight is 775 g/mol. The number of benzene rings is 8. The molecule has 0 amide bonds. The van der Waals surface area contributed by atoms with Gasteiger partial charge in [-0.25, -0.2) is 4.98 Å². The van der Waals surface area contributed by atoms with Crippen LogP contribution in [0.25, 0.3) is 27.6 Å². The molecular weight excluding hydrogens is 737 g/mol. The van der Waals surface area contributed by atoms with Crippen LogP contribution in [0.1, 0.15) is 0 Å². The quantitative estimate of drug-likeness (QED) is 0.129. The fraction of sp³-hybridized carbons (Fsp3) is 0. The molecule has 58 heavy (non-hydrogen) atoms. The topological polar surface area (TPSA) is 27.1 Å².